The van der Waals surface area contributed by atoms with Gasteiger partial charge in [-0.15, -0.1) is 0 Å². The van der Waals surface area contributed by atoms with E-state index in [0.717, 1.165) is 57.8 Å². The summed E-state index contributed by atoms with van der Waals surface area (Å²) >= 11 is 0. The number of carboxylic acids is 1. The van der Waals surface area contributed by atoms with Crippen LogP contribution in [0.5, 0.6) is 0 Å². The van der Waals surface area contributed by atoms with Crippen molar-refractivity contribution >= 4 is 19.8 Å². The molecular formula is C36H64NO9P. The molecule has 10 nitrogen and oxygen atoms in total. The van der Waals surface area contributed by atoms with Crippen LogP contribution in [0.15, 0.2) is 48.6 Å². The Kier molecular flexibility index (Phi) is 31.0. The van der Waals surface area contributed by atoms with Crippen LogP contribution in [0.25, 0.3) is 0 Å². The van der Waals surface area contributed by atoms with Gasteiger partial charge in [-0.1, -0.05) is 127 Å². The Bertz CT molecular complexity index is 935. The fourth-order valence-electron chi connectivity index (χ4n) is 4.37. The summed E-state index contributed by atoms with van der Waals surface area (Å²) in [5.41, 5.74) is 5.32. The summed E-state index contributed by atoms with van der Waals surface area (Å²) in [6, 6.07) is -1.48. The number of ether oxygens (including phenoxy) is 2. The average Bonchev–Trinajstić information content (AvgIpc) is 3.04. The smallest absolute Gasteiger partial charge is 0.472 e. The highest BCUT2D eigenvalue weighted by molar-refractivity contribution is 7.47. The molecule has 4 N–H and O–H groups in total. The van der Waals surface area contributed by atoms with Crippen LogP contribution >= 0.6 is 7.82 Å². The molecule has 0 bridgehead atoms. The van der Waals surface area contributed by atoms with Gasteiger partial charge in [0, 0.05) is 13.0 Å². The van der Waals surface area contributed by atoms with Crippen molar-refractivity contribution in [2.75, 3.05) is 26.4 Å². The highest BCUT2D eigenvalue weighted by Gasteiger charge is 2.27. The van der Waals surface area contributed by atoms with E-state index in [1.54, 1.807) is 0 Å². The summed E-state index contributed by atoms with van der Waals surface area (Å²) in [6.07, 6.45) is 34.7. The fraction of sp³-hybridized carbons (Fsp3) is 0.722. The Morgan fingerprint density at radius 3 is 1.77 bits per heavy atom. The lowest BCUT2D eigenvalue weighted by Crippen LogP contribution is -2.34. The minimum Gasteiger partial charge on any atom is -0.480 e. The normalized spacial score (nSPS) is 14.8. The SMILES string of the molecule is CC/C=C\C/C=C\C/C=C\C/C=C\CCCOCC(COP(=O)(O)OCC(N)C(=O)O)OC(=O)CCCCCCCCCCCCC. The third kappa shape index (κ3) is 32.3. The molecule has 0 amide bonds. The molecule has 0 aliphatic rings. The molecule has 0 aromatic carbocycles. The number of esters is 1. The van der Waals surface area contributed by atoms with Crippen molar-refractivity contribution in [3.63, 3.8) is 0 Å². The molecule has 3 unspecified atom stereocenters. The van der Waals surface area contributed by atoms with Crippen LogP contribution in [0, 0.1) is 0 Å². The number of allylic oxidation sites excluding steroid dienone is 8. The Labute approximate surface area is 284 Å². The molecule has 0 aliphatic heterocycles. The molecule has 11 heteroatoms. The first-order chi connectivity index (χ1) is 22.7. The number of nitrogens with two attached hydrogens (primary N) is 1. The first-order valence-corrected chi connectivity index (χ1v) is 19.2. The maximum absolute atomic E-state index is 12.5. The number of phosphoric ester groups is 1. The number of carbonyl (C=O) groups excluding carboxylic acids is 1. The van der Waals surface area contributed by atoms with Gasteiger partial charge in [-0.2, -0.15) is 0 Å². The number of hydrogen-bond donors (Lipinski definition) is 3. The molecule has 0 fully saturated rings. The van der Waals surface area contributed by atoms with Gasteiger partial charge in [0.25, 0.3) is 0 Å². The maximum atomic E-state index is 12.5. The van der Waals surface area contributed by atoms with Crippen molar-refractivity contribution in [2.45, 2.75) is 142 Å². The van der Waals surface area contributed by atoms with Crippen LogP contribution in [-0.4, -0.2) is 60.5 Å². The lowest BCUT2D eigenvalue weighted by Gasteiger charge is -2.20. The molecule has 0 aromatic rings. The molecular weight excluding hydrogens is 621 g/mol. The van der Waals surface area contributed by atoms with Gasteiger partial charge in [0.15, 0.2) is 0 Å². The number of aliphatic carboxylic acids is 1. The van der Waals surface area contributed by atoms with Crippen molar-refractivity contribution in [1.29, 1.82) is 0 Å². The van der Waals surface area contributed by atoms with Gasteiger partial charge >= 0.3 is 19.8 Å². The van der Waals surface area contributed by atoms with Crippen molar-refractivity contribution in [2.24, 2.45) is 5.73 Å². The zero-order valence-electron chi connectivity index (χ0n) is 29.1. The highest BCUT2D eigenvalue weighted by atomic mass is 31.2. The van der Waals surface area contributed by atoms with Crippen LogP contribution in [0.4, 0.5) is 0 Å². The van der Waals surface area contributed by atoms with Crippen LogP contribution in [0.2, 0.25) is 0 Å². The van der Waals surface area contributed by atoms with Gasteiger partial charge in [-0.05, 0) is 44.9 Å². The lowest BCUT2D eigenvalue weighted by molar-refractivity contribution is -0.154. The summed E-state index contributed by atoms with van der Waals surface area (Å²) in [5, 5.41) is 8.84. The third-order valence-corrected chi connectivity index (χ3v) is 8.07. The molecule has 0 saturated carbocycles. The van der Waals surface area contributed by atoms with E-state index in [4.69, 9.17) is 24.8 Å². The first kappa shape index (κ1) is 44.9. The fourth-order valence-corrected chi connectivity index (χ4v) is 5.15. The summed E-state index contributed by atoms with van der Waals surface area (Å²) in [4.78, 5) is 33.3. The molecule has 0 aliphatic carbocycles. The molecule has 0 heterocycles. The van der Waals surface area contributed by atoms with Crippen molar-refractivity contribution in [3.8, 4) is 0 Å². The van der Waals surface area contributed by atoms with E-state index in [2.05, 4.69) is 67.0 Å². The largest absolute Gasteiger partial charge is 0.480 e. The number of carbonyl (C=O) groups is 2. The predicted molar refractivity (Wildman–Crippen MR) is 189 cm³/mol. The second-order valence-corrected chi connectivity index (χ2v) is 13.1. The summed E-state index contributed by atoms with van der Waals surface area (Å²) in [6.45, 7) is 3.58. The van der Waals surface area contributed by atoms with Gasteiger partial charge in [-0.25, -0.2) is 4.57 Å². The van der Waals surface area contributed by atoms with Crippen molar-refractivity contribution in [3.05, 3.63) is 48.6 Å². The van der Waals surface area contributed by atoms with Crippen LogP contribution in [0.3, 0.4) is 0 Å². The number of rotatable bonds is 33. The topological polar surface area (TPSA) is 155 Å². The van der Waals surface area contributed by atoms with Gasteiger partial charge in [0.2, 0.25) is 0 Å². The second kappa shape index (κ2) is 32.5. The Hall–Kier alpha value is -2.07. The van der Waals surface area contributed by atoms with Gasteiger partial charge in [-0.3, -0.25) is 18.6 Å². The lowest BCUT2D eigenvalue weighted by atomic mass is 10.1. The zero-order chi connectivity index (χ0) is 34.9. The summed E-state index contributed by atoms with van der Waals surface area (Å²) < 4.78 is 33.0. The van der Waals surface area contributed by atoms with E-state index in [1.165, 1.54) is 44.9 Å². The second-order valence-electron chi connectivity index (χ2n) is 11.6. The van der Waals surface area contributed by atoms with Gasteiger partial charge in [0.1, 0.15) is 12.1 Å². The Morgan fingerprint density at radius 2 is 1.21 bits per heavy atom. The van der Waals surface area contributed by atoms with E-state index in [0.29, 0.717) is 13.0 Å². The van der Waals surface area contributed by atoms with Crippen molar-refractivity contribution < 1.29 is 42.7 Å². The minimum atomic E-state index is -4.62. The molecule has 3 atom stereocenters. The summed E-state index contributed by atoms with van der Waals surface area (Å²) in [7, 11) is -4.62. The number of hydrogen-bond acceptors (Lipinski definition) is 8. The molecule has 0 aromatic heterocycles. The molecule has 0 rings (SSSR count). The highest BCUT2D eigenvalue weighted by Crippen LogP contribution is 2.43. The first-order valence-electron chi connectivity index (χ1n) is 17.7. The van der Waals surface area contributed by atoms with E-state index < -0.39 is 45.1 Å². The van der Waals surface area contributed by atoms with E-state index in [-0.39, 0.29) is 13.0 Å². The predicted octanol–water partition coefficient (Wildman–Crippen LogP) is 8.75. The van der Waals surface area contributed by atoms with Gasteiger partial charge < -0.3 is 25.2 Å². The number of phosphoric acid groups is 1. The third-order valence-electron chi connectivity index (χ3n) is 7.12. The van der Waals surface area contributed by atoms with Crippen LogP contribution in [0.1, 0.15) is 129 Å². The van der Waals surface area contributed by atoms with Crippen molar-refractivity contribution in [1.82, 2.24) is 0 Å². The van der Waals surface area contributed by atoms with Crippen LogP contribution < -0.4 is 5.73 Å². The standard InChI is InChI=1S/C36H64NO9P/c1-3-5-7-9-11-13-15-16-17-19-21-23-25-27-29-43-30-33(31-44-47(41,42)45-32-34(37)36(39)40)46-35(38)28-26-24-22-20-18-14-12-10-8-6-4-2/h5,7,11,13,16-17,21,23,33-34H,3-4,6,8-10,12,14-15,18-20,22,24-32,37H2,1-2H3,(H,39,40)(H,41,42)/b7-5-,13-11-,17-16-,23-21-. The molecule has 0 saturated heterocycles. The molecule has 272 valence electrons. The quantitative estimate of drug-likeness (QED) is 0.0264. The molecule has 47 heavy (non-hydrogen) atoms. The van der Waals surface area contributed by atoms with E-state index >= 15 is 0 Å². The Morgan fingerprint density at radius 1 is 0.702 bits per heavy atom. The Balaban J connectivity index is 4.45. The average molecular weight is 686 g/mol. The monoisotopic (exact) mass is 685 g/mol. The number of unbranched alkanes of at least 4 members (excludes halogenated alkanes) is 11. The molecule has 0 spiro atoms. The summed E-state index contributed by atoms with van der Waals surface area (Å²) in [5.74, 6) is -1.81. The molecule has 0 radical (unpaired) electrons. The van der Waals surface area contributed by atoms with Gasteiger partial charge in [0.05, 0.1) is 19.8 Å². The minimum absolute atomic E-state index is 0.0210. The zero-order valence-corrected chi connectivity index (χ0v) is 30.0. The van der Waals surface area contributed by atoms with Crippen LogP contribution in [-0.2, 0) is 32.7 Å². The van der Waals surface area contributed by atoms with E-state index in [1.807, 2.05) is 0 Å². The van der Waals surface area contributed by atoms with E-state index in [9.17, 15) is 19.0 Å². The number of carboxylic acid groups (broad SMARTS) is 1. The maximum Gasteiger partial charge on any atom is 0.472 e.